The largest absolute Gasteiger partial charge is 0.501 e. The highest BCUT2D eigenvalue weighted by Crippen LogP contribution is 2.31. The second-order valence-electron chi connectivity index (χ2n) is 4.69. The summed E-state index contributed by atoms with van der Waals surface area (Å²) in [5, 5.41) is 19.5. The molecule has 1 heterocycles. The van der Waals surface area contributed by atoms with Gasteiger partial charge in [-0.1, -0.05) is 42.5 Å². The number of benzene rings is 2. The molecule has 0 unspecified atom stereocenters. The highest BCUT2D eigenvalue weighted by Gasteiger charge is 2.25. The van der Waals surface area contributed by atoms with Crippen molar-refractivity contribution in [1.82, 2.24) is 4.57 Å². The minimum atomic E-state index is -0.530. The predicted octanol–water partition coefficient (Wildman–Crippen LogP) is 3.24. The molecular formula is C16H12N3O2+. The second kappa shape index (κ2) is 5.10. The van der Waals surface area contributed by atoms with Gasteiger partial charge in [0.1, 0.15) is 0 Å². The Morgan fingerprint density at radius 1 is 1.05 bits per heavy atom. The van der Waals surface area contributed by atoms with E-state index in [1.54, 1.807) is 24.3 Å². The van der Waals surface area contributed by atoms with Crippen LogP contribution in [-0.2, 0) is 6.54 Å². The topological polar surface area (TPSA) is 70.4 Å². The zero-order chi connectivity index (χ0) is 14.8. The first kappa shape index (κ1) is 12.9. The van der Waals surface area contributed by atoms with Crippen LogP contribution in [0.25, 0.3) is 15.9 Å². The van der Waals surface area contributed by atoms with E-state index in [-0.39, 0.29) is 11.4 Å². The quantitative estimate of drug-likeness (QED) is 0.731. The average molecular weight is 278 g/mol. The molecule has 2 aromatic carbocycles. The van der Waals surface area contributed by atoms with E-state index >= 15 is 0 Å². The Kier molecular flexibility index (Phi) is 3.13. The van der Waals surface area contributed by atoms with Crippen molar-refractivity contribution in [1.29, 1.82) is 5.39 Å². The molecule has 102 valence electrons. The Bertz CT molecular complexity index is 908. The van der Waals surface area contributed by atoms with Crippen LogP contribution >= 0.6 is 0 Å². The van der Waals surface area contributed by atoms with Gasteiger partial charge in [-0.3, -0.25) is 9.36 Å². The van der Waals surface area contributed by atoms with Crippen LogP contribution in [0, 0.1) is 5.39 Å². The van der Waals surface area contributed by atoms with Gasteiger partial charge in [-0.25, -0.2) is 0 Å². The Balaban J connectivity index is 2.32. The van der Waals surface area contributed by atoms with Crippen LogP contribution in [0.3, 0.4) is 0 Å². The molecule has 5 nitrogen and oxygen atoms in total. The summed E-state index contributed by atoms with van der Waals surface area (Å²) in [6.45, 7) is 0.336. The molecule has 0 aliphatic carbocycles. The molecule has 0 aliphatic rings. The van der Waals surface area contributed by atoms with Crippen LogP contribution in [0.5, 0.6) is 5.75 Å². The molecule has 5 heteroatoms. The van der Waals surface area contributed by atoms with Crippen LogP contribution in [0.4, 0.5) is 5.69 Å². The minimum absolute atomic E-state index is 0.303. The van der Waals surface area contributed by atoms with Gasteiger partial charge in [0, 0.05) is 5.39 Å². The first-order valence-electron chi connectivity index (χ1n) is 6.46. The minimum Gasteiger partial charge on any atom is -0.501 e. The Hall–Kier alpha value is -3.13. The van der Waals surface area contributed by atoms with E-state index in [1.807, 2.05) is 30.3 Å². The molecule has 1 aromatic heterocycles. The molecule has 0 saturated heterocycles. The van der Waals surface area contributed by atoms with Gasteiger partial charge < -0.3 is 5.11 Å². The highest BCUT2D eigenvalue weighted by molar-refractivity contribution is 5.90. The first-order chi connectivity index (χ1) is 10.2. The molecule has 0 radical (unpaired) electrons. The lowest BCUT2D eigenvalue weighted by molar-refractivity contribution is 0.482. The molecule has 0 atom stereocenters. The number of rotatable bonds is 2. The molecular weight excluding hydrogens is 266 g/mol. The molecule has 0 spiro atoms. The van der Waals surface area contributed by atoms with Gasteiger partial charge >= 0.3 is 11.2 Å². The smallest absolute Gasteiger partial charge is 0.490 e. The van der Waals surface area contributed by atoms with Gasteiger partial charge in [0.2, 0.25) is 11.1 Å². The average Bonchev–Trinajstić information content (AvgIpc) is 2.53. The fourth-order valence-corrected chi connectivity index (χ4v) is 2.39. The van der Waals surface area contributed by atoms with Crippen LogP contribution in [0.1, 0.15) is 5.56 Å². The molecule has 0 bridgehead atoms. The van der Waals surface area contributed by atoms with Crippen molar-refractivity contribution in [2.45, 2.75) is 6.54 Å². The number of para-hydroxylation sites is 1. The van der Waals surface area contributed by atoms with Crippen molar-refractivity contribution in [3.63, 3.8) is 0 Å². The molecule has 1 N–H and O–H groups in total. The number of pyridine rings is 1. The molecule has 0 saturated carbocycles. The third-order valence-corrected chi connectivity index (χ3v) is 3.41. The maximum Gasteiger partial charge on any atom is 0.490 e. The van der Waals surface area contributed by atoms with Crippen molar-refractivity contribution < 1.29 is 5.11 Å². The van der Waals surface area contributed by atoms with Crippen molar-refractivity contribution in [2.75, 3.05) is 0 Å². The third kappa shape index (κ3) is 2.13. The van der Waals surface area contributed by atoms with E-state index < -0.39 is 5.56 Å². The van der Waals surface area contributed by atoms with Crippen molar-refractivity contribution in [3.05, 3.63) is 75.5 Å². The molecule has 0 aliphatic heterocycles. The summed E-state index contributed by atoms with van der Waals surface area (Å²) in [6.07, 6.45) is 0. The van der Waals surface area contributed by atoms with Gasteiger partial charge in [0.15, 0.2) is 4.98 Å². The number of diazo groups is 1. The maximum absolute atomic E-state index is 12.4. The molecule has 3 rings (SSSR count). The lowest BCUT2D eigenvalue weighted by Crippen LogP contribution is -2.20. The molecule has 0 amide bonds. The predicted molar refractivity (Wildman–Crippen MR) is 80.2 cm³/mol. The summed E-state index contributed by atoms with van der Waals surface area (Å²) in [6, 6.07) is 16.5. The summed E-state index contributed by atoms with van der Waals surface area (Å²) < 4.78 is 1.49. The van der Waals surface area contributed by atoms with Crippen LogP contribution in [0.15, 0.2) is 59.4 Å². The van der Waals surface area contributed by atoms with E-state index in [9.17, 15) is 9.90 Å². The lowest BCUT2D eigenvalue weighted by atomic mass is 10.1. The van der Waals surface area contributed by atoms with Gasteiger partial charge in [-0.15, -0.1) is 0 Å². The van der Waals surface area contributed by atoms with Gasteiger partial charge in [-0.2, -0.15) is 0 Å². The normalized spacial score (nSPS) is 10.4. The summed E-state index contributed by atoms with van der Waals surface area (Å²) in [5.41, 5.74) is 0.665. The zero-order valence-corrected chi connectivity index (χ0v) is 11.1. The molecule has 0 fully saturated rings. The number of aromatic hydroxyl groups is 1. The van der Waals surface area contributed by atoms with Crippen LogP contribution < -0.4 is 5.56 Å². The van der Waals surface area contributed by atoms with E-state index in [4.69, 9.17) is 5.39 Å². The van der Waals surface area contributed by atoms with Gasteiger partial charge in [0.05, 0.1) is 12.1 Å². The molecule has 3 aromatic rings. The molecule has 21 heavy (non-hydrogen) atoms. The Labute approximate surface area is 120 Å². The fourth-order valence-electron chi connectivity index (χ4n) is 2.39. The Morgan fingerprint density at radius 3 is 2.43 bits per heavy atom. The summed E-state index contributed by atoms with van der Waals surface area (Å²) in [7, 11) is 0. The fraction of sp³-hybridized carbons (Fsp3) is 0.0625. The highest BCUT2D eigenvalue weighted by atomic mass is 16.3. The second-order valence-corrected chi connectivity index (χ2v) is 4.69. The van der Waals surface area contributed by atoms with Crippen LogP contribution in [0.2, 0.25) is 0 Å². The number of hydrogen-bond donors (Lipinski definition) is 1. The summed E-state index contributed by atoms with van der Waals surface area (Å²) >= 11 is 0. The lowest BCUT2D eigenvalue weighted by Gasteiger charge is -2.09. The van der Waals surface area contributed by atoms with E-state index in [2.05, 4.69) is 4.98 Å². The van der Waals surface area contributed by atoms with Crippen molar-refractivity contribution >= 4 is 16.6 Å². The number of hydrogen-bond acceptors (Lipinski definition) is 3. The van der Waals surface area contributed by atoms with Gasteiger partial charge in [-0.05, 0) is 17.7 Å². The zero-order valence-electron chi connectivity index (χ0n) is 11.1. The van der Waals surface area contributed by atoms with Gasteiger partial charge in [0.25, 0.3) is 0 Å². The van der Waals surface area contributed by atoms with E-state index in [0.29, 0.717) is 17.4 Å². The summed E-state index contributed by atoms with van der Waals surface area (Å²) in [4.78, 5) is 15.3. The number of nitrogens with zero attached hydrogens (tertiary/aromatic N) is 3. The van der Waals surface area contributed by atoms with Crippen LogP contribution in [-0.4, -0.2) is 9.67 Å². The monoisotopic (exact) mass is 278 g/mol. The first-order valence-corrected chi connectivity index (χ1v) is 6.46. The van der Waals surface area contributed by atoms with E-state index in [0.717, 1.165) is 5.56 Å². The SMILES string of the molecule is N#[N+]c1c(O)c2ccccc2n(Cc2ccccc2)c1=O. The van der Waals surface area contributed by atoms with Crippen molar-refractivity contribution in [3.8, 4) is 5.75 Å². The standard InChI is InChI=1S/C16H11N3O2/c17-18-14-15(20)12-8-4-5-9-13(12)19(16(14)21)10-11-6-2-1-3-7-11/h1-9H,10H2/p+1. The van der Waals surface area contributed by atoms with Crippen molar-refractivity contribution in [2.24, 2.45) is 0 Å². The maximum atomic E-state index is 12.4. The number of fused-ring (bicyclic) bond motifs is 1. The Morgan fingerprint density at radius 2 is 1.71 bits per heavy atom. The third-order valence-electron chi connectivity index (χ3n) is 3.41. The number of aromatic nitrogens is 1. The summed E-state index contributed by atoms with van der Waals surface area (Å²) in [5.74, 6) is -0.303. The van der Waals surface area contributed by atoms with E-state index in [1.165, 1.54) is 4.57 Å².